The number of carbonyl (C=O) groups is 1. The van der Waals surface area contributed by atoms with Crippen molar-refractivity contribution in [3.8, 4) is 5.75 Å². The lowest BCUT2D eigenvalue weighted by Crippen LogP contribution is -2.38. The summed E-state index contributed by atoms with van der Waals surface area (Å²) in [5.41, 5.74) is 0.716. The van der Waals surface area contributed by atoms with Crippen LogP contribution in [0.1, 0.15) is 9.67 Å². The lowest BCUT2D eigenvalue weighted by Gasteiger charge is -2.26. The van der Waals surface area contributed by atoms with Crippen LogP contribution in [-0.2, 0) is 11.8 Å². The predicted octanol–water partition coefficient (Wildman–Crippen LogP) is 2.28. The van der Waals surface area contributed by atoms with E-state index in [2.05, 4.69) is 4.90 Å². The van der Waals surface area contributed by atoms with Gasteiger partial charge in [0.25, 0.3) is 5.56 Å². The number of hydrogen-bond acceptors (Lipinski definition) is 6. The molecule has 26 heavy (non-hydrogen) atoms. The van der Waals surface area contributed by atoms with Gasteiger partial charge in [-0.05, 0) is 6.07 Å². The molecule has 1 aliphatic heterocycles. The summed E-state index contributed by atoms with van der Waals surface area (Å²) in [5.74, 6) is 0.416. The summed E-state index contributed by atoms with van der Waals surface area (Å²) in [6.45, 7) is 4.39. The van der Waals surface area contributed by atoms with Crippen LogP contribution in [0.15, 0.2) is 29.1 Å². The maximum Gasteiger partial charge on any atom is 0.263 e. The van der Waals surface area contributed by atoms with E-state index in [-0.39, 0.29) is 5.56 Å². The van der Waals surface area contributed by atoms with Crippen LogP contribution in [0.3, 0.4) is 0 Å². The Morgan fingerprint density at radius 3 is 2.81 bits per heavy atom. The van der Waals surface area contributed by atoms with Gasteiger partial charge in [0.2, 0.25) is 0 Å². The van der Waals surface area contributed by atoms with Crippen molar-refractivity contribution in [3.05, 3.63) is 39.5 Å². The molecule has 1 saturated heterocycles. The standard InChI is InChI=1S/C19H20N2O4S/c1-20-14-5-3-2-4-13(14)18-16(19(20)23)17(15(12-22)26-18)25-11-8-21-6-9-24-10-7-21/h2-5,12H,6-11H2,1H3. The minimum atomic E-state index is -0.135. The smallest absolute Gasteiger partial charge is 0.263 e. The van der Waals surface area contributed by atoms with Gasteiger partial charge in [-0.1, -0.05) is 18.2 Å². The molecule has 2 aromatic heterocycles. The van der Waals surface area contributed by atoms with Crippen LogP contribution in [0.4, 0.5) is 0 Å². The monoisotopic (exact) mass is 372 g/mol. The molecule has 0 aliphatic carbocycles. The molecule has 0 unspecified atom stereocenters. The van der Waals surface area contributed by atoms with Crippen LogP contribution in [0.2, 0.25) is 0 Å². The fourth-order valence-corrected chi connectivity index (χ4v) is 4.46. The average Bonchev–Trinajstić information content (AvgIpc) is 3.06. The Labute approximate surface area is 154 Å². The van der Waals surface area contributed by atoms with Gasteiger partial charge in [0.05, 0.1) is 23.4 Å². The first-order valence-corrected chi connectivity index (χ1v) is 9.44. The summed E-state index contributed by atoms with van der Waals surface area (Å²) in [6.07, 6.45) is 0.781. The zero-order valence-corrected chi connectivity index (χ0v) is 15.4. The van der Waals surface area contributed by atoms with E-state index in [4.69, 9.17) is 9.47 Å². The van der Waals surface area contributed by atoms with Crippen molar-refractivity contribution in [1.82, 2.24) is 9.47 Å². The fourth-order valence-electron chi connectivity index (χ4n) is 3.38. The van der Waals surface area contributed by atoms with Gasteiger partial charge in [-0.2, -0.15) is 0 Å². The van der Waals surface area contributed by atoms with Crippen molar-refractivity contribution in [2.45, 2.75) is 0 Å². The lowest BCUT2D eigenvalue weighted by atomic mass is 10.1. The van der Waals surface area contributed by atoms with Gasteiger partial charge in [0.1, 0.15) is 16.9 Å². The first-order chi connectivity index (χ1) is 12.7. The Kier molecular flexibility index (Phi) is 4.76. The van der Waals surface area contributed by atoms with Crippen LogP contribution >= 0.6 is 11.3 Å². The Bertz CT molecular complexity index is 1020. The molecule has 3 heterocycles. The number of aldehydes is 1. The molecule has 4 rings (SSSR count). The molecule has 1 aromatic carbocycles. The van der Waals surface area contributed by atoms with Crippen LogP contribution in [-0.4, -0.2) is 55.2 Å². The molecule has 1 aliphatic rings. The summed E-state index contributed by atoms with van der Waals surface area (Å²) < 4.78 is 13.7. The quantitative estimate of drug-likeness (QED) is 0.643. The minimum Gasteiger partial charge on any atom is -0.490 e. The van der Waals surface area contributed by atoms with Crippen molar-refractivity contribution in [1.29, 1.82) is 0 Å². The Hall–Kier alpha value is -2.22. The predicted molar refractivity (Wildman–Crippen MR) is 103 cm³/mol. The molecule has 6 nitrogen and oxygen atoms in total. The second-order valence-corrected chi connectivity index (χ2v) is 7.35. The lowest BCUT2D eigenvalue weighted by molar-refractivity contribution is 0.0323. The Morgan fingerprint density at radius 2 is 2.04 bits per heavy atom. The Morgan fingerprint density at radius 1 is 1.27 bits per heavy atom. The van der Waals surface area contributed by atoms with Crippen LogP contribution in [0, 0.1) is 0 Å². The number of rotatable bonds is 5. The molecule has 0 saturated carbocycles. The molecule has 136 valence electrons. The zero-order valence-electron chi connectivity index (χ0n) is 14.6. The summed E-state index contributed by atoms with van der Waals surface area (Å²) >= 11 is 1.32. The van der Waals surface area contributed by atoms with Crippen molar-refractivity contribution in [2.24, 2.45) is 7.05 Å². The molecule has 1 fully saturated rings. The van der Waals surface area contributed by atoms with Crippen molar-refractivity contribution < 1.29 is 14.3 Å². The van der Waals surface area contributed by atoms with Gasteiger partial charge in [0.15, 0.2) is 12.0 Å². The van der Waals surface area contributed by atoms with E-state index >= 15 is 0 Å². The van der Waals surface area contributed by atoms with Crippen LogP contribution < -0.4 is 10.3 Å². The number of hydrogen-bond donors (Lipinski definition) is 0. The highest BCUT2D eigenvalue weighted by Crippen LogP contribution is 2.38. The molecule has 3 aromatic rings. The van der Waals surface area contributed by atoms with Gasteiger partial charge in [-0.25, -0.2) is 0 Å². The third-order valence-electron chi connectivity index (χ3n) is 4.78. The van der Waals surface area contributed by atoms with E-state index in [9.17, 15) is 9.59 Å². The fraction of sp³-hybridized carbons (Fsp3) is 0.368. The second kappa shape index (κ2) is 7.19. The molecule has 0 radical (unpaired) electrons. The maximum atomic E-state index is 12.9. The number of fused-ring (bicyclic) bond motifs is 3. The first kappa shape index (κ1) is 17.2. The molecule has 7 heteroatoms. The highest BCUT2D eigenvalue weighted by molar-refractivity contribution is 7.22. The largest absolute Gasteiger partial charge is 0.490 e. The van der Waals surface area contributed by atoms with Gasteiger partial charge in [-0.3, -0.25) is 14.5 Å². The third kappa shape index (κ3) is 2.92. The zero-order chi connectivity index (χ0) is 18.1. The van der Waals surface area contributed by atoms with E-state index in [1.807, 2.05) is 24.3 Å². The number of benzene rings is 1. The summed E-state index contributed by atoms with van der Waals surface area (Å²) in [6, 6.07) is 7.72. The average molecular weight is 372 g/mol. The normalized spacial score (nSPS) is 15.6. The number of aryl methyl sites for hydroxylation is 1. The number of nitrogens with zero attached hydrogens (tertiary/aromatic N) is 2. The van der Waals surface area contributed by atoms with E-state index in [1.54, 1.807) is 11.6 Å². The third-order valence-corrected chi connectivity index (χ3v) is 5.91. The van der Waals surface area contributed by atoms with Gasteiger partial charge >= 0.3 is 0 Å². The number of ether oxygens (including phenoxy) is 2. The van der Waals surface area contributed by atoms with Crippen LogP contribution in [0.25, 0.3) is 21.0 Å². The highest BCUT2D eigenvalue weighted by Gasteiger charge is 2.20. The second-order valence-electron chi connectivity index (χ2n) is 6.30. The van der Waals surface area contributed by atoms with Crippen molar-refractivity contribution >= 4 is 38.6 Å². The molecular formula is C19H20N2O4S. The van der Waals surface area contributed by atoms with Crippen molar-refractivity contribution in [2.75, 3.05) is 39.5 Å². The van der Waals surface area contributed by atoms with Crippen molar-refractivity contribution in [3.63, 3.8) is 0 Å². The molecule has 0 bridgehead atoms. The number of carbonyl (C=O) groups excluding carboxylic acids is 1. The summed E-state index contributed by atoms with van der Waals surface area (Å²) in [7, 11) is 1.75. The van der Waals surface area contributed by atoms with E-state index in [0.717, 1.165) is 54.7 Å². The first-order valence-electron chi connectivity index (χ1n) is 8.63. The number of morpholine rings is 1. The van der Waals surface area contributed by atoms with E-state index in [0.29, 0.717) is 22.6 Å². The van der Waals surface area contributed by atoms with E-state index in [1.165, 1.54) is 11.3 Å². The molecule has 0 atom stereocenters. The maximum absolute atomic E-state index is 12.9. The van der Waals surface area contributed by atoms with E-state index < -0.39 is 0 Å². The SMILES string of the molecule is Cn1c(=O)c2c(OCCN3CCOCC3)c(C=O)sc2c2ccccc21. The number of pyridine rings is 1. The topological polar surface area (TPSA) is 60.8 Å². The summed E-state index contributed by atoms with van der Waals surface area (Å²) in [4.78, 5) is 27.2. The number of thiophene rings is 1. The van der Waals surface area contributed by atoms with Gasteiger partial charge < -0.3 is 14.0 Å². The number of para-hydroxylation sites is 1. The summed E-state index contributed by atoms with van der Waals surface area (Å²) in [5, 5.41) is 1.46. The van der Waals surface area contributed by atoms with Gasteiger partial charge in [-0.15, -0.1) is 11.3 Å². The Balaban J connectivity index is 1.73. The van der Waals surface area contributed by atoms with Crippen LogP contribution in [0.5, 0.6) is 5.75 Å². The minimum absolute atomic E-state index is 0.135. The molecule has 0 spiro atoms. The molecule has 0 amide bonds. The number of aromatic nitrogens is 1. The van der Waals surface area contributed by atoms with Gasteiger partial charge in [0, 0.05) is 32.1 Å². The molecular weight excluding hydrogens is 352 g/mol. The highest BCUT2D eigenvalue weighted by atomic mass is 32.1. The molecule has 0 N–H and O–H groups in total.